The zero-order chi connectivity index (χ0) is 23.0. The van der Waals surface area contributed by atoms with Crippen LogP contribution in [-0.2, 0) is 13.6 Å². The van der Waals surface area contributed by atoms with Gasteiger partial charge in [-0.3, -0.25) is 9.59 Å². The minimum Gasteiger partial charge on any atom is -0.350 e. The predicted molar refractivity (Wildman–Crippen MR) is 130 cm³/mol. The quantitative estimate of drug-likeness (QED) is 0.568. The fourth-order valence-electron chi connectivity index (χ4n) is 4.99. The normalized spacial score (nSPS) is 14.9. The number of amides is 1. The third-order valence-electron chi connectivity index (χ3n) is 6.73. The van der Waals surface area contributed by atoms with Crippen LogP contribution in [0.3, 0.4) is 0 Å². The fourth-order valence-corrected chi connectivity index (χ4v) is 4.99. The lowest BCUT2D eigenvalue weighted by Crippen LogP contribution is -2.29. The topological polar surface area (TPSA) is 78.9 Å². The van der Waals surface area contributed by atoms with E-state index < -0.39 is 0 Å². The van der Waals surface area contributed by atoms with Crippen LogP contribution < -0.4 is 16.2 Å². The Hall–Kier alpha value is -2.86. The molecule has 3 heterocycles. The van der Waals surface area contributed by atoms with Gasteiger partial charge in [-0.2, -0.15) is 0 Å². The first-order valence-electron chi connectivity index (χ1n) is 11.6. The molecular formula is C26H34N4O2. The van der Waals surface area contributed by atoms with Gasteiger partial charge < -0.3 is 20.2 Å². The molecular weight excluding hydrogens is 400 g/mol. The molecule has 0 spiro atoms. The Morgan fingerprint density at radius 2 is 1.91 bits per heavy atom. The van der Waals surface area contributed by atoms with Crippen LogP contribution >= 0.6 is 0 Å². The highest BCUT2D eigenvalue weighted by atomic mass is 16.1. The minimum atomic E-state index is -0.141. The number of hydrogen-bond acceptors (Lipinski definition) is 3. The highest BCUT2D eigenvalue weighted by Gasteiger charge is 2.23. The summed E-state index contributed by atoms with van der Waals surface area (Å²) in [5, 5.41) is 7.61. The SMILES string of the molecule is Cc1cc(C)c(CNC(=O)c2cc(C3CCNCC3)cc3c(C(C)C)cn(C)c23)c(=O)[nH]1. The molecule has 1 saturated heterocycles. The van der Waals surface area contributed by atoms with Crippen LogP contribution in [0.25, 0.3) is 10.9 Å². The minimum absolute atomic E-state index is 0.137. The average Bonchev–Trinajstić information content (AvgIpc) is 3.09. The number of benzene rings is 1. The monoisotopic (exact) mass is 434 g/mol. The van der Waals surface area contributed by atoms with Crippen molar-refractivity contribution in [3.8, 4) is 0 Å². The molecule has 1 fully saturated rings. The summed E-state index contributed by atoms with van der Waals surface area (Å²) in [7, 11) is 2.00. The van der Waals surface area contributed by atoms with Gasteiger partial charge in [-0.05, 0) is 86.5 Å². The summed E-state index contributed by atoms with van der Waals surface area (Å²) in [6.07, 6.45) is 4.30. The van der Waals surface area contributed by atoms with Crippen molar-refractivity contribution in [1.29, 1.82) is 0 Å². The molecule has 170 valence electrons. The lowest BCUT2D eigenvalue weighted by atomic mass is 9.87. The molecule has 4 rings (SSSR count). The first-order chi connectivity index (χ1) is 15.3. The van der Waals surface area contributed by atoms with Crippen LogP contribution in [0.15, 0.2) is 29.2 Å². The summed E-state index contributed by atoms with van der Waals surface area (Å²) < 4.78 is 2.07. The number of fused-ring (bicyclic) bond motifs is 1. The third-order valence-corrected chi connectivity index (χ3v) is 6.73. The van der Waals surface area contributed by atoms with Crippen LogP contribution in [-0.4, -0.2) is 28.5 Å². The zero-order valence-corrected chi connectivity index (χ0v) is 19.8. The van der Waals surface area contributed by atoms with Crippen molar-refractivity contribution in [3.63, 3.8) is 0 Å². The highest BCUT2D eigenvalue weighted by Crippen LogP contribution is 2.35. The number of rotatable bonds is 5. The Labute approximate surface area is 189 Å². The number of H-pyrrole nitrogens is 1. The maximum absolute atomic E-state index is 13.4. The largest absolute Gasteiger partial charge is 0.350 e. The van der Waals surface area contributed by atoms with Crippen LogP contribution in [0.1, 0.15) is 76.8 Å². The smallest absolute Gasteiger partial charge is 0.253 e. The van der Waals surface area contributed by atoms with Gasteiger partial charge in [-0.1, -0.05) is 13.8 Å². The average molecular weight is 435 g/mol. The molecule has 0 saturated carbocycles. The molecule has 1 aromatic carbocycles. The molecule has 3 aromatic rings. The molecule has 0 radical (unpaired) electrons. The van der Waals surface area contributed by atoms with Crippen LogP contribution in [0, 0.1) is 13.8 Å². The van der Waals surface area contributed by atoms with Gasteiger partial charge in [-0.25, -0.2) is 0 Å². The molecule has 1 amide bonds. The lowest BCUT2D eigenvalue weighted by molar-refractivity contribution is 0.0952. The van der Waals surface area contributed by atoms with Gasteiger partial charge >= 0.3 is 0 Å². The predicted octanol–water partition coefficient (Wildman–Crippen LogP) is 4.00. The second kappa shape index (κ2) is 8.94. The lowest BCUT2D eigenvalue weighted by Gasteiger charge is -2.24. The number of nitrogens with one attached hydrogen (secondary N) is 3. The van der Waals surface area contributed by atoms with E-state index in [-0.39, 0.29) is 18.0 Å². The number of piperidine rings is 1. The Kier molecular flexibility index (Phi) is 6.24. The molecule has 6 heteroatoms. The van der Waals surface area contributed by atoms with E-state index in [0.29, 0.717) is 23.0 Å². The Balaban J connectivity index is 1.74. The summed E-state index contributed by atoms with van der Waals surface area (Å²) in [4.78, 5) is 28.7. The Bertz CT molecular complexity index is 1210. The van der Waals surface area contributed by atoms with E-state index in [1.54, 1.807) is 0 Å². The molecule has 3 N–H and O–H groups in total. The summed E-state index contributed by atoms with van der Waals surface area (Å²) in [5.41, 5.74) is 6.32. The number of aromatic amines is 1. The molecule has 0 bridgehead atoms. The second-order valence-corrected chi connectivity index (χ2v) is 9.46. The van der Waals surface area contributed by atoms with Gasteiger partial charge in [0.2, 0.25) is 0 Å². The van der Waals surface area contributed by atoms with E-state index in [9.17, 15) is 9.59 Å². The van der Waals surface area contributed by atoms with Crippen molar-refractivity contribution in [3.05, 3.63) is 68.3 Å². The number of hydrogen-bond donors (Lipinski definition) is 3. The third kappa shape index (κ3) is 4.24. The van der Waals surface area contributed by atoms with Gasteiger partial charge in [0.15, 0.2) is 0 Å². The van der Waals surface area contributed by atoms with Gasteiger partial charge in [0.25, 0.3) is 11.5 Å². The summed E-state index contributed by atoms with van der Waals surface area (Å²) in [6.45, 7) is 10.4. The van der Waals surface area contributed by atoms with Gasteiger partial charge in [0, 0.05) is 36.4 Å². The van der Waals surface area contributed by atoms with E-state index >= 15 is 0 Å². The molecule has 1 aliphatic rings. The summed E-state index contributed by atoms with van der Waals surface area (Å²) >= 11 is 0. The second-order valence-electron chi connectivity index (χ2n) is 9.46. The number of carbonyl (C=O) groups excluding carboxylic acids is 1. The van der Waals surface area contributed by atoms with E-state index in [1.807, 2.05) is 27.0 Å². The number of aryl methyl sites for hydroxylation is 3. The molecule has 6 nitrogen and oxygen atoms in total. The Morgan fingerprint density at radius 3 is 2.56 bits per heavy atom. The summed E-state index contributed by atoms with van der Waals surface area (Å²) in [6, 6.07) is 6.31. The Morgan fingerprint density at radius 1 is 1.19 bits per heavy atom. The number of carbonyl (C=O) groups is 1. The number of aromatic nitrogens is 2. The molecule has 1 aliphatic heterocycles. The van der Waals surface area contributed by atoms with Crippen LogP contribution in [0.5, 0.6) is 0 Å². The van der Waals surface area contributed by atoms with E-state index in [0.717, 1.165) is 48.1 Å². The maximum Gasteiger partial charge on any atom is 0.253 e. The maximum atomic E-state index is 13.4. The van der Waals surface area contributed by atoms with Gasteiger partial charge in [-0.15, -0.1) is 0 Å². The van der Waals surface area contributed by atoms with Gasteiger partial charge in [0.05, 0.1) is 11.1 Å². The first-order valence-corrected chi connectivity index (χ1v) is 11.6. The van der Waals surface area contributed by atoms with Crippen molar-refractivity contribution in [2.75, 3.05) is 13.1 Å². The van der Waals surface area contributed by atoms with Crippen LogP contribution in [0.2, 0.25) is 0 Å². The molecule has 0 unspecified atom stereocenters. The van der Waals surface area contributed by atoms with Crippen molar-refractivity contribution in [1.82, 2.24) is 20.2 Å². The zero-order valence-electron chi connectivity index (χ0n) is 19.8. The van der Waals surface area contributed by atoms with E-state index in [4.69, 9.17) is 0 Å². The first kappa shape index (κ1) is 22.3. The van der Waals surface area contributed by atoms with Crippen molar-refractivity contribution >= 4 is 16.8 Å². The number of pyridine rings is 1. The van der Waals surface area contributed by atoms with Crippen LogP contribution in [0.4, 0.5) is 0 Å². The molecule has 0 atom stereocenters. The molecule has 2 aromatic heterocycles. The summed E-state index contributed by atoms with van der Waals surface area (Å²) in [5.74, 6) is 0.683. The number of nitrogens with zero attached hydrogens (tertiary/aromatic N) is 1. The molecule has 0 aliphatic carbocycles. The standard InChI is InChI=1S/C26H34N4O2/c1-15(2)23-14-30(5)24-20(23)11-19(18-6-8-27-9-7-18)12-21(24)25(31)28-13-22-16(3)10-17(4)29-26(22)32/h10-12,14-15,18,27H,6-9,13H2,1-5H3,(H,28,31)(H,29,32). The van der Waals surface area contributed by atoms with Gasteiger partial charge in [0.1, 0.15) is 0 Å². The van der Waals surface area contributed by atoms with Crippen molar-refractivity contribution < 1.29 is 4.79 Å². The van der Waals surface area contributed by atoms with Crippen molar-refractivity contribution in [2.45, 2.75) is 58.9 Å². The van der Waals surface area contributed by atoms with E-state index in [1.165, 1.54) is 11.1 Å². The van der Waals surface area contributed by atoms with Crippen molar-refractivity contribution in [2.24, 2.45) is 7.05 Å². The fraction of sp³-hybridized carbons (Fsp3) is 0.462. The van der Waals surface area contributed by atoms with E-state index in [2.05, 4.69) is 52.4 Å². The highest BCUT2D eigenvalue weighted by molar-refractivity contribution is 6.07. The molecule has 32 heavy (non-hydrogen) atoms.